The van der Waals surface area contributed by atoms with E-state index in [0.29, 0.717) is 0 Å². The minimum absolute atomic E-state index is 0.0961. The van der Waals surface area contributed by atoms with Gasteiger partial charge in [0.2, 0.25) is 0 Å². The maximum absolute atomic E-state index is 13.1. The average molecular weight is 273 g/mol. The average Bonchev–Trinajstić information content (AvgIpc) is 2.43. The fraction of sp³-hybridized carbons (Fsp3) is 0. The van der Waals surface area contributed by atoms with E-state index in [1.165, 1.54) is 6.07 Å². The van der Waals surface area contributed by atoms with E-state index >= 15 is 0 Å². The summed E-state index contributed by atoms with van der Waals surface area (Å²) in [5.74, 6) is -0.427. The molecule has 0 amide bonds. The van der Waals surface area contributed by atoms with Crippen LogP contribution in [0.5, 0.6) is 0 Å². The second kappa shape index (κ2) is 4.86. The van der Waals surface area contributed by atoms with E-state index in [0.717, 1.165) is 22.3 Å². The number of benzene rings is 2. The van der Waals surface area contributed by atoms with Gasteiger partial charge < -0.3 is 5.32 Å². The number of halogens is 2. The topological polar surface area (TPSA) is 24.9 Å². The van der Waals surface area contributed by atoms with E-state index in [1.807, 2.05) is 30.3 Å². The Morgan fingerprint density at radius 2 is 1.84 bits per heavy atom. The van der Waals surface area contributed by atoms with Crippen LogP contribution in [-0.2, 0) is 0 Å². The van der Waals surface area contributed by atoms with Crippen LogP contribution < -0.4 is 5.32 Å². The van der Waals surface area contributed by atoms with Gasteiger partial charge in [-0.25, -0.2) is 4.39 Å². The number of hydrogen-bond acceptors (Lipinski definition) is 2. The van der Waals surface area contributed by atoms with Crippen LogP contribution in [-0.4, -0.2) is 4.98 Å². The van der Waals surface area contributed by atoms with Crippen LogP contribution in [0.4, 0.5) is 15.8 Å². The molecule has 0 spiro atoms. The van der Waals surface area contributed by atoms with Crippen molar-refractivity contribution in [3.05, 3.63) is 65.6 Å². The van der Waals surface area contributed by atoms with Gasteiger partial charge >= 0.3 is 0 Å². The predicted octanol–water partition coefficient (Wildman–Crippen LogP) is 4.77. The van der Waals surface area contributed by atoms with Gasteiger partial charge in [0.1, 0.15) is 5.82 Å². The molecule has 2 aromatic carbocycles. The highest BCUT2D eigenvalue weighted by Crippen LogP contribution is 2.24. The summed E-state index contributed by atoms with van der Waals surface area (Å²) >= 11 is 5.74. The minimum atomic E-state index is -0.427. The summed E-state index contributed by atoms with van der Waals surface area (Å²) in [5, 5.41) is 4.29. The van der Waals surface area contributed by atoms with Crippen molar-refractivity contribution in [2.24, 2.45) is 0 Å². The van der Waals surface area contributed by atoms with Crippen LogP contribution in [0, 0.1) is 5.82 Å². The maximum Gasteiger partial charge on any atom is 0.141 e. The van der Waals surface area contributed by atoms with Gasteiger partial charge in [-0.1, -0.05) is 29.8 Å². The monoisotopic (exact) mass is 272 g/mol. The Labute approximate surface area is 114 Å². The molecule has 2 nitrogen and oxygen atoms in total. The summed E-state index contributed by atoms with van der Waals surface area (Å²) in [4.78, 5) is 4.35. The molecule has 0 saturated heterocycles. The van der Waals surface area contributed by atoms with Crippen molar-refractivity contribution in [3.63, 3.8) is 0 Å². The van der Waals surface area contributed by atoms with Crippen LogP contribution >= 0.6 is 11.6 Å². The highest BCUT2D eigenvalue weighted by Gasteiger charge is 2.02. The highest BCUT2D eigenvalue weighted by molar-refractivity contribution is 6.31. The molecular formula is C15H10ClFN2. The van der Waals surface area contributed by atoms with Crippen LogP contribution in [0.2, 0.25) is 5.02 Å². The fourth-order valence-electron chi connectivity index (χ4n) is 1.88. The molecule has 94 valence electrons. The standard InChI is InChI=1S/C15H10ClFN2/c16-13-8-11(5-6-14(13)17)19-12-7-10-3-1-2-4-15(10)18-9-12/h1-9,19H. The van der Waals surface area contributed by atoms with Gasteiger partial charge in [0, 0.05) is 11.1 Å². The number of para-hydroxylation sites is 1. The van der Waals surface area contributed by atoms with Crippen molar-refractivity contribution < 1.29 is 4.39 Å². The molecule has 0 aliphatic rings. The van der Waals surface area contributed by atoms with E-state index < -0.39 is 5.82 Å². The maximum atomic E-state index is 13.1. The van der Waals surface area contributed by atoms with E-state index in [9.17, 15) is 4.39 Å². The van der Waals surface area contributed by atoms with Gasteiger partial charge in [0.05, 0.1) is 22.4 Å². The molecule has 19 heavy (non-hydrogen) atoms. The lowest BCUT2D eigenvalue weighted by Gasteiger charge is -2.07. The molecule has 0 radical (unpaired) electrons. The molecule has 0 aliphatic heterocycles. The predicted molar refractivity (Wildman–Crippen MR) is 76.4 cm³/mol. The summed E-state index contributed by atoms with van der Waals surface area (Å²) in [6, 6.07) is 14.4. The van der Waals surface area contributed by atoms with E-state index in [1.54, 1.807) is 18.3 Å². The molecule has 3 aromatic rings. The molecule has 1 aromatic heterocycles. The second-order valence-corrected chi connectivity index (χ2v) is 4.58. The molecule has 0 saturated carbocycles. The largest absolute Gasteiger partial charge is 0.354 e. The lowest BCUT2D eigenvalue weighted by Crippen LogP contribution is -1.92. The van der Waals surface area contributed by atoms with Crippen LogP contribution in [0.15, 0.2) is 54.7 Å². The third-order valence-electron chi connectivity index (χ3n) is 2.80. The molecule has 0 aliphatic carbocycles. The van der Waals surface area contributed by atoms with Gasteiger partial charge in [-0.05, 0) is 30.3 Å². The van der Waals surface area contributed by atoms with Crippen LogP contribution in [0.25, 0.3) is 10.9 Å². The Morgan fingerprint density at radius 1 is 1.00 bits per heavy atom. The van der Waals surface area contributed by atoms with Crippen molar-refractivity contribution in [1.29, 1.82) is 0 Å². The first-order chi connectivity index (χ1) is 9.22. The number of rotatable bonds is 2. The van der Waals surface area contributed by atoms with E-state index in [-0.39, 0.29) is 5.02 Å². The summed E-state index contributed by atoms with van der Waals surface area (Å²) in [5.41, 5.74) is 2.50. The molecular weight excluding hydrogens is 263 g/mol. The lowest BCUT2D eigenvalue weighted by molar-refractivity contribution is 0.628. The Kier molecular flexibility index (Phi) is 3.05. The van der Waals surface area contributed by atoms with Crippen molar-refractivity contribution in [3.8, 4) is 0 Å². The molecule has 4 heteroatoms. The summed E-state index contributed by atoms with van der Waals surface area (Å²) in [7, 11) is 0. The van der Waals surface area contributed by atoms with E-state index in [4.69, 9.17) is 11.6 Å². The zero-order valence-corrected chi connectivity index (χ0v) is 10.7. The molecule has 1 N–H and O–H groups in total. The summed E-state index contributed by atoms with van der Waals surface area (Å²) in [6.07, 6.45) is 1.74. The second-order valence-electron chi connectivity index (χ2n) is 4.17. The molecule has 0 atom stereocenters. The molecule has 0 unspecified atom stereocenters. The van der Waals surface area contributed by atoms with Crippen LogP contribution in [0.3, 0.4) is 0 Å². The number of fused-ring (bicyclic) bond motifs is 1. The van der Waals surface area contributed by atoms with Crippen molar-refractivity contribution in [2.75, 3.05) is 5.32 Å². The number of aromatic nitrogens is 1. The van der Waals surface area contributed by atoms with Gasteiger partial charge in [-0.3, -0.25) is 4.98 Å². The Bertz CT molecular complexity index is 743. The first-order valence-electron chi connectivity index (χ1n) is 5.79. The third-order valence-corrected chi connectivity index (χ3v) is 3.09. The minimum Gasteiger partial charge on any atom is -0.354 e. The fourth-order valence-corrected chi connectivity index (χ4v) is 2.06. The molecule has 1 heterocycles. The first kappa shape index (κ1) is 11.9. The molecule has 0 fully saturated rings. The highest BCUT2D eigenvalue weighted by atomic mass is 35.5. The Balaban J connectivity index is 1.94. The van der Waals surface area contributed by atoms with Crippen LogP contribution in [0.1, 0.15) is 0 Å². The summed E-state index contributed by atoms with van der Waals surface area (Å²) in [6.45, 7) is 0. The van der Waals surface area contributed by atoms with Crippen molar-refractivity contribution in [1.82, 2.24) is 4.98 Å². The normalized spacial score (nSPS) is 10.6. The quantitative estimate of drug-likeness (QED) is 0.727. The lowest BCUT2D eigenvalue weighted by atomic mass is 10.2. The molecule has 0 bridgehead atoms. The Hall–Kier alpha value is -2.13. The summed E-state index contributed by atoms with van der Waals surface area (Å²) < 4.78 is 13.1. The van der Waals surface area contributed by atoms with Gasteiger partial charge in [0.15, 0.2) is 0 Å². The number of hydrogen-bond donors (Lipinski definition) is 1. The van der Waals surface area contributed by atoms with Gasteiger partial charge in [-0.15, -0.1) is 0 Å². The van der Waals surface area contributed by atoms with Crippen molar-refractivity contribution in [2.45, 2.75) is 0 Å². The number of nitrogens with one attached hydrogen (secondary N) is 1. The SMILES string of the molecule is Fc1ccc(Nc2cnc3ccccc3c2)cc1Cl. The number of nitrogens with zero attached hydrogens (tertiary/aromatic N) is 1. The van der Waals surface area contributed by atoms with E-state index in [2.05, 4.69) is 10.3 Å². The number of anilines is 2. The number of pyridine rings is 1. The zero-order valence-electron chi connectivity index (χ0n) is 9.90. The third kappa shape index (κ3) is 2.51. The van der Waals surface area contributed by atoms with Crippen molar-refractivity contribution >= 4 is 33.9 Å². The Morgan fingerprint density at radius 3 is 2.68 bits per heavy atom. The van der Waals surface area contributed by atoms with Gasteiger partial charge in [-0.2, -0.15) is 0 Å². The van der Waals surface area contributed by atoms with Gasteiger partial charge in [0.25, 0.3) is 0 Å². The first-order valence-corrected chi connectivity index (χ1v) is 6.17. The molecule has 3 rings (SSSR count). The smallest absolute Gasteiger partial charge is 0.141 e. The zero-order chi connectivity index (χ0) is 13.2.